The van der Waals surface area contributed by atoms with E-state index in [4.69, 9.17) is 4.42 Å². The highest BCUT2D eigenvalue weighted by Crippen LogP contribution is 2.29. The van der Waals surface area contributed by atoms with Crippen molar-refractivity contribution in [1.82, 2.24) is 9.55 Å². The quantitative estimate of drug-likeness (QED) is 0.458. The molecule has 0 fully saturated rings. The van der Waals surface area contributed by atoms with Crippen molar-refractivity contribution in [1.29, 1.82) is 0 Å². The second-order valence-electron chi connectivity index (χ2n) is 6.98. The lowest BCUT2D eigenvalue weighted by atomic mass is 9.96. The fourth-order valence-corrected chi connectivity index (χ4v) is 3.55. The van der Waals surface area contributed by atoms with Crippen LogP contribution in [0.25, 0.3) is 22.4 Å². The van der Waals surface area contributed by atoms with Gasteiger partial charge in [0.25, 0.3) is 0 Å². The number of fused-ring (bicyclic) bond motifs is 1. The molecular formula is C23H18F2N2O3. The molecule has 0 atom stereocenters. The first-order valence-corrected chi connectivity index (χ1v) is 9.44. The van der Waals surface area contributed by atoms with Gasteiger partial charge in [-0.15, -0.1) is 0 Å². The van der Waals surface area contributed by atoms with Crippen molar-refractivity contribution in [3.05, 3.63) is 87.5 Å². The van der Waals surface area contributed by atoms with E-state index in [1.165, 1.54) is 10.6 Å². The van der Waals surface area contributed by atoms with Gasteiger partial charge in [0.05, 0.1) is 5.56 Å². The molecule has 2 aromatic heterocycles. The number of halogens is 2. The van der Waals surface area contributed by atoms with Gasteiger partial charge in [-0.1, -0.05) is 37.3 Å². The van der Waals surface area contributed by atoms with Crippen LogP contribution in [0, 0.1) is 11.6 Å². The molecule has 0 saturated heterocycles. The Morgan fingerprint density at radius 3 is 2.40 bits per heavy atom. The summed E-state index contributed by atoms with van der Waals surface area (Å²) >= 11 is 0. The van der Waals surface area contributed by atoms with Crippen LogP contribution in [0.1, 0.15) is 28.4 Å². The van der Waals surface area contributed by atoms with Crippen molar-refractivity contribution in [2.45, 2.75) is 19.8 Å². The van der Waals surface area contributed by atoms with Crippen LogP contribution >= 0.6 is 0 Å². The number of ketones is 1. The average molecular weight is 408 g/mol. The van der Waals surface area contributed by atoms with Gasteiger partial charge in [-0.2, -0.15) is 0 Å². The molecule has 0 unspecified atom stereocenters. The number of rotatable bonds is 5. The molecule has 0 amide bonds. The third-order valence-corrected chi connectivity index (χ3v) is 5.12. The second-order valence-corrected chi connectivity index (χ2v) is 6.98. The van der Waals surface area contributed by atoms with Gasteiger partial charge in [0.15, 0.2) is 17.0 Å². The summed E-state index contributed by atoms with van der Waals surface area (Å²) in [6.45, 7) is 1.96. The molecule has 5 nitrogen and oxygen atoms in total. The fraction of sp³-hybridized carbons (Fsp3) is 0.174. The Morgan fingerprint density at radius 2 is 1.77 bits per heavy atom. The van der Waals surface area contributed by atoms with E-state index in [2.05, 4.69) is 4.98 Å². The van der Waals surface area contributed by atoms with E-state index in [0.717, 1.165) is 28.8 Å². The Balaban J connectivity index is 1.66. The molecule has 7 heteroatoms. The van der Waals surface area contributed by atoms with Crippen molar-refractivity contribution < 1.29 is 18.0 Å². The average Bonchev–Trinajstić information content (AvgIpc) is 3.02. The van der Waals surface area contributed by atoms with E-state index in [-0.39, 0.29) is 6.42 Å². The number of carbonyl (C=O) groups excluding carboxylic acids is 1. The summed E-state index contributed by atoms with van der Waals surface area (Å²) in [4.78, 5) is 28.5. The number of aryl methyl sites for hydroxylation is 2. The maximum Gasteiger partial charge on any atom is 0.420 e. The molecule has 4 rings (SSSR count). The van der Waals surface area contributed by atoms with Crippen molar-refractivity contribution in [3.63, 3.8) is 0 Å². The molecule has 0 saturated carbocycles. The van der Waals surface area contributed by atoms with Gasteiger partial charge in [-0.05, 0) is 29.7 Å². The minimum Gasteiger partial charge on any atom is -0.406 e. The predicted molar refractivity (Wildman–Crippen MR) is 108 cm³/mol. The first-order valence-electron chi connectivity index (χ1n) is 9.44. The van der Waals surface area contributed by atoms with Crippen LogP contribution in [0.2, 0.25) is 0 Å². The molecule has 30 heavy (non-hydrogen) atoms. The molecule has 0 aliphatic carbocycles. The van der Waals surface area contributed by atoms with Crippen LogP contribution in [0.15, 0.2) is 57.9 Å². The number of oxazole rings is 1. The normalized spacial score (nSPS) is 11.2. The number of hydrogen-bond acceptors (Lipinski definition) is 4. The summed E-state index contributed by atoms with van der Waals surface area (Å²) in [6, 6.07) is 10.4. The van der Waals surface area contributed by atoms with Gasteiger partial charge in [0.2, 0.25) is 0 Å². The lowest BCUT2D eigenvalue weighted by Gasteiger charge is -2.09. The lowest BCUT2D eigenvalue weighted by molar-refractivity contribution is 0.0985. The Hall–Kier alpha value is -3.61. The molecule has 0 aliphatic heterocycles. The third-order valence-electron chi connectivity index (χ3n) is 5.12. The highest BCUT2D eigenvalue weighted by molar-refractivity contribution is 5.98. The molecule has 2 heterocycles. The number of pyridine rings is 1. The van der Waals surface area contributed by atoms with Crippen molar-refractivity contribution in [3.8, 4) is 11.1 Å². The first-order chi connectivity index (χ1) is 14.4. The zero-order chi connectivity index (χ0) is 21.4. The molecular weight excluding hydrogens is 390 g/mol. The smallest absolute Gasteiger partial charge is 0.406 e. The summed E-state index contributed by atoms with van der Waals surface area (Å²) in [6.07, 6.45) is 2.20. The van der Waals surface area contributed by atoms with E-state index in [9.17, 15) is 18.4 Å². The number of Topliss-reactive ketones (excluding diaryl/α,β-unsaturated/α-hetero) is 1. The molecule has 0 N–H and O–H groups in total. The predicted octanol–water partition coefficient (Wildman–Crippen LogP) is 4.46. The van der Waals surface area contributed by atoms with Gasteiger partial charge in [0, 0.05) is 30.8 Å². The zero-order valence-corrected chi connectivity index (χ0v) is 16.4. The largest absolute Gasteiger partial charge is 0.420 e. The molecule has 0 radical (unpaired) electrons. The third kappa shape index (κ3) is 3.32. The molecule has 0 bridgehead atoms. The van der Waals surface area contributed by atoms with Crippen molar-refractivity contribution >= 4 is 17.0 Å². The summed E-state index contributed by atoms with van der Waals surface area (Å²) < 4.78 is 34.4. The molecule has 152 valence electrons. The van der Waals surface area contributed by atoms with Crippen molar-refractivity contribution in [2.24, 2.45) is 7.05 Å². The minimum absolute atomic E-state index is 0.121. The Bertz CT molecular complexity index is 1300. The SMILES string of the molecule is CCc1c(-c2ccc(CC(=O)c3c(F)cccc3F)cc2)cnc2c1oc(=O)n2C. The monoisotopic (exact) mass is 408 g/mol. The number of nitrogens with zero attached hydrogens (tertiary/aromatic N) is 2. The summed E-state index contributed by atoms with van der Waals surface area (Å²) in [5, 5.41) is 0. The minimum atomic E-state index is -0.868. The Labute approximate surface area is 170 Å². The van der Waals surface area contributed by atoms with E-state index < -0.39 is 28.7 Å². The molecule has 0 spiro atoms. The molecule has 2 aromatic carbocycles. The summed E-state index contributed by atoms with van der Waals surface area (Å²) in [5.74, 6) is -2.83. The van der Waals surface area contributed by atoms with Crippen LogP contribution < -0.4 is 5.76 Å². The number of benzene rings is 2. The van der Waals surface area contributed by atoms with Crippen LogP contribution in [0.5, 0.6) is 0 Å². The summed E-state index contributed by atoms with van der Waals surface area (Å²) in [7, 11) is 1.60. The van der Waals surface area contributed by atoms with E-state index in [0.29, 0.717) is 23.2 Å². The van der Waals surface area contributed by atoms with Gasteiger partial charge in [-0.3, -0.25) is 9.36 Å². The fourth-order valence-electron chi connectivity index (χ4n) is 3.55. The number of carbonyl (C=O) groups is 1. The van der Waals surface area contributed by atoms with Gasteiger partial charge in [-0.25, -0.2) is 18.6 Å². The first kappa shape index (κ1) is 19.7. The maximum atomic E-state index is 13.8. The Kier molecular flexibility index (Phi) is 5.03. The van der Waals surface area contributed by atoms with Crippen LogP contribution in [-0.2, 0) is 19.9 Å². The highest BCUT2D eigenvalue weighted by Gasteiger charge is 2.18. The van der Waals surface area contributed by atoms with Gasteiger partial charge >= 0.3 is 5.76 Å². The van der Waals surface area contributed by atoms with Gasteiger partial charge in [0.1, 0.15) is 11.6 Å². The zero-order valence-electron chi connectivity index (χ0n) is 16.4. The topological polar surface area (TPSA) is 65.1 Å². The van der Waals surface area contributed by atoms with E-state index >= 15 is 0 Å². The van der Waals surface area contributed by atoms with Gasteiger partial charge < -0.3 is 4.42 Å². The maximum absolute atomic E-state index is 13.8. The molecule has 0 aliphatic rings. The lowest BCUT2D eigenvalue weighted by Crippen LogP contribution is -2.09. The highest BCUT2D eigenvalue weighted by atomic mass is 19.1. The second kappa shape index (κ2) is 7.67. The van der Waals surface area contributed by atoms with E-state index in [1.807, 2.05) is 19.1 Å². The number of hydrogen-bond donors (Lipinski definition) is 0. The molecule has 4 aromatic rings. The van der Waals surface area contributed by atoms with Crippen LogP contribution in [-0.4, -0.2) is 15.3 Å². The van der Waals surface area contributed by atoms with Crippen LogP contribution in [0.4, 0.5) is 8.78 Å². The van der Waals surface area contributed by atoms with Crippen molar-refractivity contribution in [2.75, 3.05) is 0 Å². The standard InChI is InChI=1S/C23H18F2N2O3/c1-3-15-16(12-26-22-21(15)30-23(29)27(22)2)14-9-7-13(8-10-14)11-19(28)20-17(24)5-4-6-18(20)25/h4-10,12H,3,11H2,1-2H3. The Morgan fingerprint density at radius 1 is 1.10 bits per heavy atom. The summed E-state index contributed by atoms with van der Waals surface area (Å²) in [5.41, 5.74) is 3.55. The van der Waals surface area contributed by atoms with E-state index in [1.54, 1.807) is 25.4 Å². The van der Waals surface area contributed by atoms with Crippen LogP contribution in [0.3, 0.4) is 0 Å². The number of aromatic nitrogens is 2.